The highest BCUT2D eigenvalue weighted by Crippen LogP contribution is 2.23. The fourth-order valence-corrected chi connectivity index (χ4v) is 3.97. The quantitative estimate of drug-likeness (QED) is 0.785. The van der Waals surface area contributed by atoms with E-state index in [-0.39, 0.29) is 0 Å². The molecule has 0 saturated heterocycles. The topological polar surface area (TPSA) is 24.9 Å². The molecule has 0 fully saturated rings. The molecule has 1 heterocycles. The SMILES string of the molecule is CCCNC(CSC(C)C)Cc1nc2ccccc2s1. The van der Waals surface area contributed by atoms with Gasteiger partial charge in [0, 0.05) is 18.2 Å². The van der Waals surface area contributed by atoms with Crippen molar-refractivity contribution in [1.82, 2.24) is 10.3 Å². The van der Waals surface area contributed by atoms with Gasteiger partial charge >= 0.3 is 0 Å². The van der Waals surface area contributed by atoms with Crippen LogP contribution < -0.4 is 5.32 Å². The van der Waals surface area contributed by atoms with E-state index >= 15 is 0 Å². The van der Waals surface area contributed by atoms with E-state index in [0.717, 1.165) is 24.2 Å². The van der Waals surface area contributed by atoms with Gasteiger partial charge in [-0.05, 0) is 30.3 Å². The zero-order valence-corrected chi connectivity index (χ0v) is 14.2. The van der Waals surface area contributed by atoms with Gasteiger partial charge in [0.05, 0.1) is 15.2 Å². The van der Waals surface area contributed by atoms with E-state index in [2.05, 4.69) is 50.4 Å². The molecule has 0 aliphatic carbocycles. The van der Waals surface area contributed by atoms with Crippen LogP contribution in [0.5, 0.6) is 0 Å². The molecule has 2 nitrogen and oxygen atoms in total. The molecule has 4 heteroatoms. The standard InChI is InChI=1S/C16H24N2S2/c1-4-9-17-13(11-19-12(2)3)10-16-18-14-7-5-6-8-15(14)20-16/h5-8,12-13,17H,4,9-11H2,1-3H3. The maximum absolute atomic E-state index is 4.76. The number of thiazole rings is 1. The maximum atomic E-state index is 4.76. The Hall–Kier alpha value is -0.580. The van der Waals surface area contributed by atoms with Crippen LogP contribution in [-0.4, -0.2) is 28.6 Å². The Labute approximate surface area is 130 Å². The summed E-state index contributed by atoms with van der Waals surface area (Å²) in [5, 5.41) is 5.61. The summed E-state index contributed by atoms with van der Waals surface area (Å²) in [4.78, 5) is 4.76. The molecule has 0 bridgehead atoms. The minimum Gasteiger partial charge on any atom is -0.313 e. The molecule has 110 valence electrons. The summed E-state index contributed by atoms with van der Waals surface area (Å²) in [6, 6.07) is 8.95. The minimum absolute atomic E-state index is 0.530. The van der Waals surface area contributed by atoms with Gasteiger partial charge in [0.1, 0.15) is 0 Å². The van der Waals surface area contributed by atoms with Crippen LogP contribution in [-0.2, 0) is 6.42 Å². The van der Waals surface area contributed by atoms with E-state index in [4.69, 9.17) is 4.98 Å². The van der Waals surface area contributed by atoms with Gasteiger partial charge in [-0.2, -0.15) is 11.8 Å². The fraction of sp³-hybridized carbons (Fsp3) is 0.562. The molecule has 2 rings (SSSR count). The molecule has 1 aromatic heterocycles. The number of nitrogens with zero attached hydrogens (tertiary/aromatic N) is 1. The number of nitrogens with one attached hydrogen (secondary N) is 1. The molecule has 0 saturated carbocycles. The first-order valence-corrected chi connectivity index (χ1v) is 9.25. The van der Waals surface area contributed by atoms with Crippen molar-refractivity contribution >= 4 is 33.3 Å². The predicted molar refractivity (Wildman–Crippen MR) is 93.0 cm³/mol. The van der Waals surface area contributed by atoms with Gasteiger partial charge in [0.15, 0.2) is 0 Å². The maximum Gasteiger partial charge on any atom is 0.0954 e. The van der Waals surface area contributed by atoms with Crippen LogP contribution in [0.3, 0.4) is 0 Å². The predicted octanol–water partition coefficient (Wildman–Crippen LogP) is 4.35. The zero-order chi connectivity index (χ0) is 14.4. The van der Waals surface area contributed by atoms with Gasteiger partial charge in [0.25, 0.3) is 0 Å². The van der Waals surface area contributed by atoms with Crippen LogP contribution >= 0.6 is 23.1 Å². The Kier molecular flexibility index (Phi) is 6.33. The summed E-state index contributed by atoms with van der Waals surface area (Å²) in [5.74, 6) is 1.16. The Morgan fingerprint density at radius 1 is 1.30 bits per heavy atom. The van der Waals surface area contributed by atoms with Crippen LogP contribution in [0.4, 0.5) is 0 Å². The third kappa shape index (κ3) is 4.76. The van der Waals surface area contributed by atoms with Crippen molar-refractivity contribution in [2.24, 2.45) is 0 Å². The van der Waals surface area contributed by atoms with Crippen LogP contribution in [0.15, 0.2) is 24.3 Å². The van der Waals surface area contributed by atoms with Crippen molar-refractivity contribution in [2.75, 3.05) is 12.3 Å². The molecule has 1 unspecified atom stereocenters. The zero-order valence-electron chi connectivity index (χ0n) is 12.6. The first-order valence-electron chi connectivity index (χ1n) is 7.38. The summed E-state index contributed by atoms with van der Waals surface area (Å²) in [6.07, 6.45) is 2.22. The number of rotatable bonds is 8. The highest BCUT2D eigenvalue weighted by atomic mass is 32.2. The number of hydrogen-bond donors (Lipinski definition) is 1. The van der Waals surface area contributed by atoms with E-state index in [1.807, 2.05) is 23.1 Å². The number of hydrogen-bond acceptors (Lipinski definition) is 4. The van der Waals surface area contributed by atoms with Crippen molar-refractivity contribution in [3.05, 3.63) is 29.3 Å². The highest BCUT2D eigenvalue weighted by Gasteiger charge is 2.13. The molecule has 0 radical (unpaired) electrons. The Bertz CT molecular complexity index is 489. The van der Waals surface area contributed by atoms with Crippen LogP contribution in [0.2, 0.25) is 0 Å². The van der Waals surface area contributed by atoms with Crippen molar-refractivity contribution in [3.8, 4) is 0 Å². The molecular formula is C16H24N2S2. The second kappa shape index (κ2) is 8.01. The number of para-hydroxylation sites is 1. The van der Waals surface area contributed by atoms with E-state index in [1.165, 1.54) is 16.1 Å². The number of aromatic nitrogens is 1. The Morgan fingerprint density at radius 3 is 2.80 bits per heavy atom. The normalized spacial score (nSPS) is 13.2. The average Bonchev–Trinajstić information content (AvgIpc) is 2.83. The van der Waals surface area contributed by atoms with Crippen molar-refractivity contribution in [2.45, 2.75) is 44.9 Å². The van der Waals surface area contributed by atoms with Gasteiger partial charge in [-0.3, -0.25) is 0 Å². The molecule has 0 amide bonds. The van der Waals surface area contributed by atoms with Gasteiger partial charge < -0.3 is 5.32 Å². The van der Waals surface area contributed by atoms with Gasteiger partial charge in [0.2, 0.25) is 0 Å². The fourth-order valence-electron chi connectivity index (χ4n) is 2.07. The van der Waals surface area contributed by atoms with Crippen molar-refractivity contribution in [1.29, 1.82) is 0 Å². The van der Waals surface area contributed by atoms with E-state index in [1.54, 1.807) is 0 Å². The second-order valence-electron chi connectivity index (χ2n) is 5.31. The molecular weight excluding hydrogens is 284 g/mol. The Morgan fingerprint density at radius 2 is 2.10 bits per heavy atom. The van der Waals surface area contributed by atoms with Crippen LogP contribution in [0.25, 0.3) is 10.2 Å². The van der Waals surface area contributed by atoms with Crippen LogP contribution in [0, 0.1) is 0 Å². The molecule has 0 spiro atoms. The lowest BCUT2D eigenvalue weighted by Crippen LogP contribution is -2.34. The number of thioether (sulfide) groups is 1. The summed E-state index contributed by atoms with van der Waals surface area (Å²) in [7, 11) is 0. The number of fused-ring (bicyclic) bond motifs is 1. The molecule has 1 atom stereocenters. The first kappa shape index (κ1) is 15.8. The lowest BCUT2D eigenvalue weighted by Gasteiger charge is -2.18. The summed E-state index contributed by atoms with van der Waals surface area (Å²) >= 11 is 3.86. The van der Waals surface area contributed by atoms with E-state index in [0.29, 0.717) is 11.3 Å². The molecule has 0 aliphatic heterocycles. The lowest BCUT2D eigenvalue weighted by atomic mass is 10.2. The van der Waals surface area contributed by atoms with Crippen molar-refractivity contribution in [3.63, 3.8) is 0 Å². The van der Waals surface area contributed by atoms with Crippen molar-refractivity contribution < 1.29 is 0 Å². The monoisotopic (exact) mass is 308 g/mol. The third-order valence-corrected chi connectivity index (χ3v) is 5.39. The van der Waals surface area contributed by atoms with Gasteiger partial charge in [-0.15, -0.1) is 11.3 Å². The molecule has 20 heavy (non-hydrogen) atoms. The second-order valence-corrected chi connectivity index (χ2v) is 8.04. The van der Waals surface area contributed by atoms with E-state index in [9.17, 15) is 0 Å². The first-order chi connectivity index (χ1) is 9.69. The largest absolute Gasteiger partial charge is 0.313 e. The smallest absolute Gasteiger partial charge is 0.0954 e. The number of benzene rings is 1. The molecule has 0 aliphatic rings. The molecule has 2 aromatic rings. The van der Waals surface area contributed by atoms with Crippen LogP contribution in [0.1, 0.15) is 32.2 Å². The van der Waals surface area contributed by atoms with Gasteiger partial charge in [-0.25, -0.2) is 4.98 Å². The molecule has 1 N–H and O–H groups in total. The average molecular weight is 309 g/mol. The minimum atomic E-state index is 0.530. The molecule has 1 aromatic carbocycles. The summed E-state index contributed by atoms with van der Waals surface area (Å²) in [5.41, 5.74) is 1.14. The van der Waals surface area contributed by atoms with E-state index < -0.39 is 0 Å². The third-order valence-electron chi connectivity index (χ3n) is 3.07. The highest BCUT2D eigenvalue weighted by molar-refractivity contribution is 7.99. The van der Waals surface area contributed by atoms with Gasteiger partial charge in [-0.1, -0.05) is 32.9 Å². The lowest BCUT2D eigenvalue weighted by molar-refractivity contribution is 0.549. The summed E-state index contributed by atoms with van der Waals surface area (Å²) in [6.45, 7) is 7.84. The summed E-state index contributed by atoms with van der Waals surface area (Å²) < 4.78 is 1.30. The Balaban J connectivity index is 2.01.